The summed E-state index contributed by atoms with van der Waals surface area (Å²) in [5.74, 6) is 2.61. The smallest absolute Gasteiger partial charge is 0.161 e. The monoisotopic (exact) mass is 214 g/mol. The van der Waals surface area contributed by atoms with E-state index in [0.717, 1.165) is 5.92 Å². The fourth-order valence-corrected chi connectivity index (χ4v) is 3.07. The Balaban J connectivity index is 1.65. The van der Waals surface area contributed by atoms with E-state index in [-0.39, 0.29) is 12.4 Å². The quantitative estimate of drug-likeness (QED) is 0.518. The van der Waals surface area contributed by atoms with Crippen molar-refractivity contribution in [3.05, 3.63) is 12.2 Å². The van der Waals surface area contributed by atoms with Crippen LogP contribution in [0, 0.1) is 17.8 Å². The van der Waals surface area contributed by atoms with Gasteiger partial charge in [0.05, 0.1) is 18.6 Å². The Morgan fingerprint density at radius 1 is 1.29 bits per heavy atom. The Kier molecular flexibility index (Phi) is 2.31. The van der Waals surface area contributed by atoms with E-state index in [4.69, 9.17) is 21.1 Å². The summed E-state index contributed by atoms with van der Waals surface area (Å²) >= 11 is 5.74. The zero-order valence-corrected chi connectivity index (χ0v) is 8.82. The summed E-state index contributed by atoms with van der Waals surface area (Å²) in [6.07, 6.45) is 7.35. The lowest BCUT2D eigenvalue weighted by Gasteiger charge is -2.23. The van der Waals surface area contributed by atoms with E-state index in [2.05, 4.69) is 12.2 Å². The lowest BCUT2D eigenvalue weighted by atomic mass is 9.93. The van der Waals surface area contributed by atoms with E-state index in [1.165, 1.54) is 12.8 Å². The average Bonchev–Trinajstić information content (AvgIpc) is 2.93. The van der Waals surface area contributed by atoms with Crippen LogP contribution in [0.25, 0.3) is 0 Å². The summed E-state index contributed by atoms with van der Waals surface area (Å²) in [5, 5.41) is 0. The molecule has 3 rings (SSSR count). The molecule has 0 spiro atoms. The van der Waals surface area contributed by atoms with Crippen LogP contribution in [0.4, 0.5) is 0 Å². The van der Waals surface area contributed by atoms with Crippen molar-refractivity contribution in [3.8, 4) is 0 Å². The van der Waals surface area contributed by atoms with Crippen LogP contribution in [-0.2, 0) is 9.47 Å². The maximum absolute atomic E-state index is 5.76. The molecule has 0 radical (unpaired) electrons. The number of hydrogen-bond acceptors (Lipinski definition) is 2. The molecule has 0 aromatic carbocycles. The molecule has 1 heterocycles. The second-order valence-electron chi connectivity index (χ2n) is 4.56. The number of hydrogen-bond donors (Lipinski definition) is 0. The lowest BCUT2D eigenvalue weighted by Crippen LogP contribution is -2.26. The first-order valence-corrected chi connectivity index (χ1v) is 5.91. The highest BCUT2D eigenvalue weighted by Gasteiger charge is 2.43. The van der Waals surface area contributed by atoms with Gasteiger partial charge in [0.15, 0.2) is 6.29 Å². The number of fused-ring (bicyclic) bond motifs is 2. The van der Waals surface area contributed by atoms with Crippen molar-refractivity contribution in [2.45, 2.75) is 25.2 Å². The minimum absolute atomic E-state index is 0.0127. The van der Waals surface area contributed by atoms with E-state index in [1.807, 2.05) is 0 Å². The second kappa shape index (κ2) is 3.51. The SMILES string of the molecule is ClC[C@@H]1CO[C@H]([C@H]2C[C@H]3C=C[C@H]2C3)O1. The van der Waals surface area contributed by atoms with Crippen molar-refractivity contribution in [1.82, 2.24) is 0 Å². The van der Waals surface area contributed by atoms with Gasteiger partial charge in [-0.2, -0.15) is 0 Å². The third-order valence-corrected chi connectivity index (χ3v) is 3.97. The predicted octanol–water partition coefficient (Wildman–Crippen LogP) is 2.18. The molecule has 5 atom stereocenters. The molecule has 3 aliphatic rings. The van der Waals surface area contributed by atoms with E-state index in [9.17, 15) is 0 Å². The number of alkyl halides is 1. The van der Waals surface area contributed by atoms with Crippen molar-refractivity contribution in [2.24, 2.45) is 17.8 Å². The maximum Gasteiger partial charge on any atom is 0.161 e. The van der Waals surface area contributed by atoms with Gasteiger partial charge in [0, 0.05) is 5.92 Å². The van der Waals surface area contributed by atoms with Crippen LogP contribution < -0.4 is 0 Å². The van der Waals surface area contributed by atoms with Crippen LogP contribution in [0.5, 0.6) is 0 Å². The van der Waals surface area contributed by atoms with Crippen LogP contribution in [0.15, 0.2) is 12.2 Å². The number of rotatable bonds is 2. The second-order valence-corrected chi connectivity index (χ2v) is 4.87. The summed E-state index contributed by atoms with van der Waals surface area (Å²) in [5.41, 5.74) is 0. The molecule has 0 amide bonds. The standard InChI is InChI=1S/C11H15ClO2/c12-5-9-6-13-11(14-9)10-4-7-1-2-8(10)3-7/h1-2,7-11H,3-6H2/t7-,8-,9+,10-,11-/m0/s1. The molecule has 78 valence electrons. The van der Waals surface area contributed by atoms with Crippen molar-refractivity contribution < 1.29 is 9.47 Å². The zero-order valence-electron chi connectivity index (χ0n) is 8.06. The van der Waals surface area contributed by atoms with Crippen molar-refractivity contribution in [1.29, 1.82) is 0 Å². The number of halogens is 1. The minimum Gasteiger partial charge on any atom is -0.350 e. The Morgan fingerprint density at radius 3 is 2.79 bits per heavy atom. The van der Waals surface area contributed by atoms with Crippen LogP contribution >= 0.6 is 11.6 Å². The third-order valence-electron chi connectivity index (χ3n) is 3.62. The van der Waals surface area contributed by atoms with Gasteiger partial charge >= 0.3 is 0 Å². The highest BCUT2D eigenvalue weighted by atomic mass is 35.5. The summed E-state index contributed by atoms with van der Waals surface area (Å²) < 4.78 is 11.4. The van der Waals surface area contributed by atoms with E-state index in [1.54, 1.807) is 0 Å². The molecule has 1 saturated carbocycles. The van der Waals surface area contributed by atoms with Gasteiger partial charge in [0.1, 0.15) is 0 Å². The molecule has 0 aromatic heterocycles. The normalized spacial score (nSPS) is 50.5. The van der Waals surface area contributed by atoms with Gasteiger partial charge in [-0.05, 0) is 24.7 Å². The van der Waals surface area contributed by atoms with E-state index < -0.39 is 0 Å². The summed E-state index contributed by atoms with van der Waals surface area (Å²) in [4.78, 5) is 0. The Morgan fingerprint density at radius 2 is 2.21 bits per heavy atom. The first-order valence-electron chi connectivity index (χ1n) is 5.38. The first-order chi connectivity index (χ1) is 6.86. The Bertz CT molecular complexity index is 254. The average molecular weight is 215 g/mol. The van der Waals surface area contributed by atoms with Gasteiger partial charge in [0.25, 0.3) is 0 Å². The highest BCUT2D eigenvalue weighted by molar-refractivity contribution is 6.18. The van der Waals surface area contributed by atoms with Gasteiger partial charge in [-0.25, -0.2) is 0 Å². The molecule has 14 heavy (non-hydrogen) atoms. The fourth-order valence-electron chi connectivity index (χ4n) is 2.91. The van der Waals surface area contributed by atoms with E-state index in [0.29, 0.717) is 24.3 Å². The highest BCUT2D eigenvalue weighted by Crippen LogP contribution is 2.46. The molecule has 2 fully saturated rings. The van der Waals surface area contributed by atoms with Gasteiger partial charge in [-0.15, -0.1) is 11.6 Å². The fraction of sp³-hybridized carbons (Fsp3) is 0.818. The van der Waals surface area contributed by atoms with E-state index >= 15 is 0 Å². The van der Waals surface area contributed by atoms with Crippen LogP contribution in [0.3, 0.4) is 0 Å². The molecule has 2 aliphatic carbocycles. The number of ether oxygens (including phenoxy) is 2. The Labute approximate surface area is 89.2 Å². The lowest BCUT2D eigenvalue weighted by molar-refractivity contribution is -0.1000. The largest absolute Gasteiger partial charge is 0.350 e. The third kappa shape index (κ3) is 1.40. The molecule has 1 saturated heterocycles. The molecule has 0 aromatic rings. The minimum atomic E-state index is 0.0127. The zero-order chi connectivity index (χ0) is 9.54. The van der Waals surface area contributed by atoms with Crippen molar-refractivity contribution >= 4 is 11.6 Å². The number of allylic oxidation sites excluding steroid dienone is 2. The topological polar surface area (TPSA) is 18.5 Å². The molecular weight excluding hydrogens is 200 g/mol. The van der Waals surface area contributed by atoms with Crippen molar-refractivity contribution in [3.63, 3.8) is 0 Å². The first kappa shape index (κ1) is 9.20. The van der Waals surface area contributed by atoms with Crippen LogP contribution in [0.2, 0.25) is 0 Å². The molecular formula is C11H15ClO2. The summed E-state index contributed by atoms with van der Waals surface area (Å²) in [7, 11) is 0. The summed E-state index contributed by atoms with van der Waals surface area (Å²) in [6.45, 7) is 0.672. The van der Waals surface area contributed by atoms with Gasteiger partial charge in [-0.1, -0.05) is 12.2 Å². The molecule has 1 aliphatic heterocycles. The Hall–Kier alpha value is -0.0500. The van der Waals surface area contributed by atoms with Gasteiger partial charge < -0.3 is 9.47 Å². The molecule has 2 bridgehead atoms. The molecule has 0 unspecified atom stereocenters. The predicted molar refractivity (Wildman–Crippen MR) is 54.2 cm³/mol. The summed E-state index contributed by atoms with van der Waals surface area (Å²) in [6, 6.07) is 0. The van der Waals surface area contributed by atoms with Crippen LogP contribution in [-0.4, -0.2) is 24.9 Å². The molecule has 0 N–H and O–H groups in total. The van der Waals surface area contributed by atoms with Crippen LogP contribution in [0.1, 0.15) is 12.8 Å². The molecule has 3 heteroatoms. The van der Waals surface area contributed by atoms with Gasteiger partial charge in [-0.3, -0.25) is 0 Å². The maximum atomic E-state index is 5.76. The molecule has 2 nitrogen and oxygen atoms in total. The van der Waals surface area contributed by atoms with Crippen molar-refractivity contribution in [2.75, 3.05) is 12.5 Å². The van der Waals surface area contributed by atoms with Gasteiger partial charge in [0.2, 0.25) is 0 Å².